The Morgan fingerprint density at radius 3 is 2.89 bits per heavy atom. The van der Waals surface area contributed by atoms with E-state index in [9.17, 15) is 9.59 Å². The van der Waals surface area contributed by atoms with Crippen molar-refractivity contribution in [2.24, 2.45) is 0 Å². The molecule has 0 aliphatic rings. The molecule has 2 aromatic rings. The molecule has 1 heterocycles. The topological polar surface area (TPSA) is 109 Å². The number of carbonyl (C=O) groups is 1. The minimum atomic E-state index is -1.07. The number of nitrogens with zero attached hydrogens (tertiary/aromatic N) is 1. The summed E-state index contributed by atoms with van der Waals surface area (Å²) in [5.74, 6) is -0.706. The number of anilines is 1. The van der Waals surface area contributed by atoms with Crippen LogP contribution in [0, 0.1) is 0 Å². The zero-order valence-electron chi connectivity index (χ0n) is 9.79. The molecule has 0 aliphatic carbocycles. The summed E-state index contributed by atoms with van der Waals surface area (Å²) >= 11 is 1.24. The van der Waals surface area contributed by atoms with Crippen LogP contribution in [0.3, 0.4) is 0 Å². The van der Waals surface area contributed by atoms with Crippen LogP contribution in [0.2, 0.25) is 0 Å². The Hall–Kier alpha value is -2.28. The summed E-state index contributed by atoms with van der Waals surface area (Å²) in [6.07, 6.45) is 1.40. The molecule has 0 saturated heterocycles. The summed E-state index contributed by atoms with van der Waals surface area (Å²) in [5, 5.41) is 9.56. The number of nitrogens with one attached hydrogen (secondary N) is 1. The molecule has 0 saturated carbocycles. The van der Waals surface area contributed by atoms with Crippen LogP contribution in [0.4, 0.5) is 5.69 Å². The molecular weight excluding hydrogens is 266 g/mol. The first kappa shape index (κ1) is 13.2. The van der Waals surface area contributed by atoms with Crippen LogP contribution in [0.5, 0.6) is 0 Å². The number of aromatic nitrogens is 2. The van der Waals surface area contributed by atoms with Crippen molar-refractivity contribution in [1.29, 1.82) is 0 Å². The molecule has 0 fully saturated rings. The lowest BCUT2D eigenvalue weighted by Crippen LogP contribution is -2.07. The van der Waals surface area contributed by atoms with Gasteiger partial charge in [-0.1, -0.05) is 23.9 Å². The molecule has 2 rings (SSSR count). The van der Waals surface area contributed by atoms with Crippen LogP contribution in [0.15, 0.2) is 40.4 Å². The first-order valence-corrected chi connectivity index (χ1v) is 6.35. The van der Waals surface area contributed by atoms with Gasteiger partial charge in [0, 0.05) is 23.7 Å². The monoisotopic (exact) mass is 277 g/mol. The smallest absolute Gasteiger partial charge is 0.338 e. The van der Waals surface area contributed by atoms with Gasteiger partial charge in [-0.15, -0.1) is 0 Å². The fourth-order valence-corrected chi connectivity index (χ4v) is 2.41. The minimum absolute atomic E-state index is 0.0910. The van der Waals surface area contributed by atoms with Crippen molar-refractivity contribution in [2.75, 3.05) is 5.73 Å². The summed E-state index contributed by atoms with van der Waals surface area (Å²) in [4.78, 5) is 28.8. The standard InChI is InChI=1S/C12H11N3O3S/c13-8-3-1-2-7(10(8)11(17)18)6-19-12-14-5-4-9(16)15-12/h1-5H,6,13H2,(H,17,18)(H,14,15,16). The van der Waals surface area contributed by atoms with Crippen LogP contribution >= 0.6 is 11.8 Å². The molecule has 0 bridgehead atoms. The second kappa shape index (κ2) is 5.57. The predicted octanol–water partition coefficient (Wildman–Crippen LogP) is 1.34. The molecule has 19 heavy (non-hydrogen) atoms. The van der Waals surface area contributed by atoms with E-state index in [0.29, 0.717) is 16.5 Å². The third-order valence-corrected chi connectivity index (χ3v) is 3.35. The molecule has 0 spiro atoms. The van der Waals surface area contributed by atoms with Crippen molar-refractivity contribution in [3.8, 4) is 0 Å². The number of H-pyrrole nitrogens is 1. The number of hydrogen-bond acceptors (Lipinski definition) is 5. The highest BCUT2D eigenvalue weighted by Gasteiger charge is 2.13. The third-order valence-electron chi connectivity index (χ3n) is 2.41. The summed E-state index contributed by atoms with van der Waals surface area (Å²) < 4.78 is 0. The Kier molecular flexibility index (Phi) is 3.86. The summed E-state index contributed by atoms with van der Waals surface area (Å²) in [5.41, 5.74) is 6.31. The van der Waals surface area contributed by atoms with Crippen LogP contribution in [0.1, 0.15) is 15.9 Å². The first-order chi connectivity index (χ1) is 9.08. The zero-order valence-corrected chi connectivity index (χ0v) is 10.6. The van der Waals surface area contributed by atoms with E-state index in [2.05, 4.69) is 9.97 Å². The number of nitrogens with two attached hydrogens (primary N) is 1. The predicted molar refractivity (Wildman–Crippen MR) is 72.2 cm³/mol. The van der Waals surface area contributed by atoms with Gasteiger partial charge in [0.1, 0.15) is 0 Å². The maximum atomic E-state index is 11.1. The van der Waals surface area contributed by atoms with Gasteiger partial charge in [-0.2, -0.15) is 0 Å². The van der Waals surface area contributed by atoms with E-state index in [-0.39, 0.29) is 16.8 Å². The lowest BCUT2D eigenvalue weighted by Gasteiger charge is -2.07. The van der Waals surface area contributed by atoms with Crippen LogP contribution in [-0.4, -0.2) is 21.0 Å². The van der Waals surface area contributed by atoms with E-state index in [1.165, 1.54) is 24.0 Å². The van der Waals surface area contributed by atoms with E-state index >= 15 is 0 Å². The molecule has 0 amide bonds. The Bertz CT molecular complexity index is 669. The van der Waals surface area contributed by atoms with Gasteiger partial charge in [-0.05, 0) is 11.6 Å². The van der Waals surface area contributed by atoms with Crippen molar-refractivity contribution in [1.82, 2.24) is 9.97 Å². The molecule has 0 atom stereocenters. The number of benzene rings is 1. The molecule has 6 nitrogen and oxygen atoms in total. The number of rotatable bonds is 4. The second-order valence-electron chi connectivity index (χ2n) is 3.71. The van der Waals surface area contributed by atoms with Crippen molar-refractivity contribution in [3.05, 3.63) is 51.9 Å². The number of carboxylic acid groups (broad SMARTS) is 1. The van der Waals surface area contributed by atoms with E-state index in [4.69, 9.17) is 10.8 Å². The number of aromatic amines is 1. The van der Waals surface area contributed by atoms with Gasteiger partial charge in [0.15, 0.2) is 5.16 Å². The highest BCUT2D eigenvalue weighted by atomic mass is 32.2. The van der Waals surface area contributed by atoms with Gasteiger partial charge in [-0.25, -0.2) is 9.78 Å². The molecule has 1 aromatic carbocycles. The SMILES string of the molecule is Nc1cccc(CSc2nccc(=O)[nH]2)c1C(=O)O. The minimum Gasteiger partial charge on any atom is -0.478 e. The van der Waals surface area contributed by atoms with Gasteiger partial charge < -0.3 is 15.8 Å². The summed E-state index contributed by atoms with van der Waals surface area (Å²) in [6.45, 7) is 0. The van der Waals surface area contributed by atoms with Crippen LogP contribution in [-0.2, 0) is 5.75 Å². The van der Waals surface area contributed by atoms with Crippen LogP contribution < -0.4 is 11.3 Å². The summed E-state index contributed by atoms with van der Waals surface area (Å²) in [6, 6.07) is 6.24. The molecule has 98 valence electrons. The number of aromatic carboxylic acids is 1. The average molecular weight is 277 g/mol. The fourth-order valence-electron chi connectivity index (χ4n) is 1.57. The van der Waals surface area contributed by atoms with Gasteiger partial charge in [0.2, 0.25) is 0 Å². The highest BCUT2D eigenvalue weighted by Crippen LogP contribution is 2.24. The highest BCUT2D eigenvalue weighted by molar-refractivity contribution is 7.98. The maximum Gasteiger partial charge on any atom is 0.338 e. The van der Waals surface area contributed by atoms with E-state index in [1.54, 1.807) is 18.2 Å². The Balaban J connectivity index is 2.23. The van der Waals surface area contributed by atoms with Gasteiger partial charge in [0.05, 0.1) is 5.56 Å². The van der Waals surface area contributed by atoms with Crippen LogP contribution in [0.25, 0.3) is 0 Å². The van der Waals surface area contributed by atoms with Crippen molar-refractivity contribution in [3.63, 3.8) is 0 Å². The van der Waals surface area contributed by atoms with Gasteiger partial charge in [0.25, 0.3) is 5.56 Å². The van der Waals surface area contributed by atoms with E-state index < -0.39 is 5.97 Å². The van der Waals surface area contributed by atoms with Gasteiger partial charge >= 0.3 is 5.97 Å². The third kappa shape index (κ3) is 3.14. The summed E-state index contributed by atoms with van der Waals surface area (Å²) in [7, 11) is 0. The van der Waals surface area contributed by atoms with Crippen molar-refractivity contribution < 1.29 is 9.90 Å². The Morgan fingerprint density at radius 1 is 1.42 bits per heavy atom. The van der Waals surface area contributed by atoms with E-state index in [0.717, 1.165) is 0 Å². The molecular formula is C12H11N3O3S. The van der Waals surface area contributed by atoms with Gasteiger partial charge in [-0.3, -0.25) is 4.79 Å². The molecule has 0 unspecified atom stereocenters. The molecule has 0 radical (unpaired) electrons. The molecule has 1 aromatic heterocycles. The normalized spacial score (nSPS) is 10.3. The molecule has 7 heteroatoms. The van der Waals surface area contributed by atoms with Crippen molar-refractivity contribution >= 4 is 23.4 Å². The zero-order chi connectivity index (χ0) is 13.8. The Morgan fingerprint density at radius 2 is 2.21 bits per heavy atom. The number of nitrogen functional groups attached to an aromatic ring is 1. The Labute approximate surface area is 112 Å². The average Bonchev–Trinajstić information content (AvgIpc) is 2.36. The molecule has 4 N–H and O–H groups in total. The van der Waals surface area contributed by atoms with E-state index in [1.807, 2.05) is 0 Å². The quantitative estimate of drug-likeness (QED) is 0.442. The number of carboxylic acids is 1. The number of thioether (sulfide) groups is 1. The largest absolute Gasteiger partial charge is 0.478 e. The number of hydrogen-bond donors (Lipinski definition) is 3. The maximum absolute atomic E-state index is 11.1. The lowest BCUT2D eigenvalue weighted by molar-refractivity contribution is 0.0697. The molecule has 0 aliphatic heterocycles. The van der Waals surface area contributed by atoms with Crippen molar-refractivity contribution in [2.45, 2.75) is 10.9 Å². The fraction of sp³-hybridized carbons (Fsp3) is 0.0833. The first-order valence-electron chi connectivity index (χ1n) is 5.36. The second-order valence-corrected chi connectivity index (χ2v) is 4.68. The lowest BCUT2D eigenvalue weighted by atomic mass is 10.1.